The van der Waals surface area contributed by atoms with Gasteiger partial charge in [0.2, 0.25) is 35.4 Å². The van der Waals surface area contributed by atoms with E-state index in [9.17, 15) is 83.4 Å². The highest BCUT2D eigenvalue weighted by atomic mass is 16.4. The van der Waals surface area contributed by atoms with Crippen molar-refractivity contribution in [3.8, 4) is 33.9 Å². The molecule has 0 saturated carbocycles. The predicted molar refractivity (Wildman–Crippen MR) is 507 cm³/mol. The quantitative estimate of drug-likeness (QED) is 0.0138. The molecule has 9 rings (SSSR count). The maximum atomic E-state index is 15.7. The van der Waals surface area contributed by atoms with Crippen LogP contribution in [0.1, 0.15) is 228 Å². The largest absolute Gasteiger partial charge is 0.508 e. The predicted octanol–water partition coefficient (Wildman–Crippen LogP) is 11.8. The first-order valence-electron chi connectivity index (χ1n) is 46.7. The van der Waals surface area contributed by atoms with Gasteiger partial charge in [0.25, 0.3) is 0 Å². The molecule has 6 amide bonds. The van der Waals surface area contributed by atoms with Crippen molar-refractivity contribution in [2.45, 2.75) is 245 Å². The molecule has 31 nitrogen and oxygen atoms in total. The number of aromatic amines is 1. The van der Waals surface area contributed by atoms with Gasteiger partial charge >= 0.3 is 11.9 Å². The van der Waals surface area contributed by atoms with Gasteiger partial charge < -0.3 is 77.3 Å². The van der Waals surface area contributed by atoms with E-state index in [1.54, 1.807) is 49.5 Å². The first kappa shape index (κ1) is 106. The molecule has 2 aliphatic heterocycles. The lowest BCUT2D eigenvalue weighted by Gasteiger charge is -2.33. The van der Waals surface area contributed by atoms with Gasteiger partial charge in [-0.1, -0.05) is 145 Å². The van der Waals surface area contributed by atoms with Crippen LogP contribution in [0.3, 0.4) is 0 Å². The van der Waals surface area contributed by atoms with Crippen molar-refractivity contribution in [2.24, 2.45) is 52.6 Å². The number of benzene rings is 6. The van der Waals surface area contributed by atoms with Crippen molar-refractivity contribution >= 4 is 110 Å². The fourth-order valence-corrected chi connectivity index (χ4v) is 17.9. The minimum absolute atomic E-state index is 0.0109. The maximum absolute atomic E-state index is 15.7. The molecule has 5 aromatic carbocycles. The molecule has 6 aromatic rings. The van der Waals surface area contributed by atoms with Crippen LogP contribution in [0.15, 0.2) is 149 Å². The number of phenols is 2. The SMILES string of the molecule is CC(C)C[C@@H]1CC(=O)[C@H](C)NC(=O)[C@H](Cc2[nH]cc3ccccc23)CC(=O)[C@H](Cc2ccc(O)cc2)NC(=O)[C@H](CCC(=O)O)CC(=O)[C@](C)(NC(=O)[C@@H](CC(=O)[C@H](CO)NC(=O)[C@@H](CC(=O)CCCC(=O)c2ccc(-c3c4ccc(=O)cc-4oc4cc(O)ccc34)c(C(=O)O)c2)C(C)O)Cc2ccccc2)CCCCCCCCCN(C)C[C@@](C)(C(N)=O)CC(=O)[C@H](CC(C)C)NC1=O. The summed E-state index contributed by atoms with van der Waals surface area (Å²) < 4.78 is 5.93. The number of aliphatic carboxylic acids is 1. The lowest BCUT2D eigenvalue weighted by atomic mass is 9.80. The number of aromatic carboxylic acids is 1. The Labute approximate surface area is 785 Å². The van der Waals surface area contributed by atoms with E-state index in [1.807, 2.05) is 57.8 Å². The zero-order valence-electron chi connectivity index (χ0n) is 78.4. The van der Waals surface area contributed by atoms with Crippen molar-refractivity contribution in [1.82, 2.24) is 36.5 Å². The molecule has 1 unspecified atom stereocenters. The summed E-state index contributed by atoms with van der Waals surface area (Å²) in [6.45, 7) is 12.9. The Morgan fingerprint density at radius 2 is 1.25 bits per heavy atom. The summed E-state index contributed by atoms with van der Waals surface area (Å²) in [5.74, 6) is -19.1. The molecule has 0 radical (unpaired) electrons. The van der Waals surface area contributed by atoms with Gasteiger partial charge in [-0.05, 0) is 169 Å². The molecule has 3 heterocycles. The first-order valence-corrected chi connectivity index (χ1v) is 46.7. The number of carbonyl (C=O) groups is 15. The molecule has 3 aliphatic rings. The number of nitrogens with two attached hydrogens (primary N) is 1. The number of aromatic nitrogens is 1. The van der Waals surface area contributed by atoms with Crippen molar-refractivity contribution in [1.29, 1.82) is 0 Å². The van der Waals surface area contributed by atoms with E-state index >= 15 is 24.0 Å². The molecule has 1 aliphatic carbocycles. The van der Waals surface area contributed by atoms with E-state index in [0.717, 1.165) is 18.2 Å². The van der Waals surface area contributed by atoms with Gasteiger partial charge in [0, 0.05) is 140 Å². The molecular weight excluding hydrogens is 1730 g/mol. The van der Waals surface area contributed by atoms with Crippen LogP contribution in [0.5, 0.6) is 11.5 Å². The highest BCUT2D eigenvalue weighted by molar-refractivity contribution is 6.10. The number of hydrogen-bond donors (Lipinski definition) is 13. The van der Waals surface area contributed by atoms with Gasteiger partial charge in [-0.3, -0.25) is 71.9 Å². The van der Waals surface area contributed by atoms with Crippen molar-refractivity contribution in [3.05, 3.63) is 178 Å². The number of phenolic OH excluding ortho intramolecular Hbond substituents is 2. The molecule has 31 heteroatoms. The number of rotatable bonds is 32. The average Bonchev–Trinajstić information content (AvgIpc) is 1.19. The average molecular weight is 1860 g/mol. The number of aromatic hydroxyl groups is 2. The van der Waals surface area contributed by atoms with E-state index in [1.165, 1.54) is 99.6 Å². The Balaban J connectivity index is 0.970. The van der Waals surface area contributed by atoms with Gasteiger partial charge in [-0.25, -0.2) is 4.79 Å². The molecule has 724 valence electrons. The second-order valence-electron chi connectivity index (χ2n) is 37.9. The number of amides is 6. The number of carboxylic acids is 2. The summed E-state index contributed by atoms with van der Waals surface area (Å²) in [6.07, 6.45) is -0.793. The fourth-order valence-electron chi connectivity index (χ4n) is 17.9. The summed E-state index contributed by atoms with van der Waals surface area (Å²) in [5, 5.41) is 79.3. The second-order valence-corrected chi connectivity index (χ2v) is 37.9. The van der Waals surface area contributed by atoms with Crippen molar-refractivity contribution in [3.63, 3.8) is 0 Å². The number of aliphatic hydroxyl groups is 2. The molecule has 1 saturated heterocycles. The first-order chi connectivity index (χ1) is 64.0. The Kier molecular flexibility index (Phi) is 38.8. The number of primary amides is 1. The third kappa shape index (κ3) is 30.6. The number of H-pyrrole nitrogens is 1. The standard InChI is InChI=1S/C104H130N8O23/c1-60(2)43-69-49-87(120)62(5)107-97(128)71(48-82-76-27-19-18-25-68(76)57-106-82)51-88(121)84(46-65-29-33-72(115)34-30-65)109-96(127)67(32-40-94(125)126)52-93(124)104(8,41-20-13-11-10-12-14-21-42-112(9)59-103(7,102(105)134)56-90(123)83(44-61(3)4)108-98(69)129)111-99(130)70(45-64-23-16-15-17-24-64)50-89(122)85(58-113)110-100(131)80(63(6)114)53-73(116)26-22-28-86(119)66-31-37-77(81(47-66)101(132)133)95-78-38-35-74(117)54-91(78)135-92-55-75(118)36-39-79(92)95/h15-19,23-25,27,29-31,33-39,47,54-55,57,60-63,67,69-71,80,83-85,106,113-115,117H,10-14,20-22,26,28,32,40-46,48-53,56,58-59H2,1-9H3,(H2,105,134)(H,107,128)(H,108,129)(H,109,127)(H,110,131)(H,111,130)(H,125,126)(H,132,133)/t62-,63?,67+,69+,70+,71+,80-,83-,84-,85-,103-,104+/m0/s1. The minimum Gasteiger partial charge on any atom is -0.508 e. The van der Waals surface area contributed by atoms with E-state index in [2.05, 4.69) is 31.6 Å². The normalized spacial score (nSPS) is 21.3. The summed E-state index contributed by atoms with van der Waals surface area (Å²) >= 11 is 0. The van der Waals surface area contributed by atoms with Crippen LogP contribution in [-0.2, 0) is 81.6 Å². The van der Waals surface area contributed by atoms with E-state index < -0.39 is 204 Å². The molecular formula is C104H130N8O23. The smallest absolute Gasteiger partial charge is 0.336 e. The zero-order valence-corrected chi connectivity index (χ0v) is 78.4. The molecule has 12 atom stereocenters. The topological polar surface area (TPSA) is 513 Å². The minimum atomic E-state index is -1.90. The van der Waals surface area contributed by atoms with Crippen LogP contribution in [0.25, 0.3) is 44.2 Å². The molecule has 14 N–H and O–H groups in total. The maximum Gasteiger partial charge on any atom is 0.336 e. The number of aliphatic hydroxyl groups excluding tert-OH is 2. The van der Waals surface area contributed by atoms with Crippen LogP contribution >= 0.6 is 0 Å². The lowest BCUT2D eigenvalue weighted by Crippen LogP contribution is -2.56. The number of carboxylic acid groups (broad SMARTS) is 2. The molecule has 0 bridgehead atoms. The zero-order chi connectivity index (χ0) is 98.7. The summed E-state index contributed by atoms with van der Waals surface area (Å²) in [4.78, 5) is 234. The monoisotopic (exact) mass is 1860 g/mol. The van der Waals surface area contributed by atoms with Gasteiger partial charge in [0.05, 0.1) is 59.2 Å². The third-order valence-electron chi connectivity index (χ3n) is 25.7. The van der Waals surface area contributed by atoms with E-state index in [-0.39, 0.29) is 140 Å². The summed E-state index contributed by atoms with van der Waals surface area (Å²) in [7, 11) is 1.82. The summed E-state index contributed by atoms with van der Waals surface area (Å²) in [5.41, 5.74) is 4.71. The van der Waals surface area contributed by atoms with Crippen LogP contribution in [0.4, 0.5) is 0 Å². The van der Waals surface area contributed by atoms with Gasteiger partial charge in [-0.2, -0.15) is 0 Å². The molecule has 1 aromatic heterocycles. The number of fused-ring (bicyclic) bond motifs is 3. The Hall–Kier alpha value is -12.7. The Morgan fingerprint density at radius 3 is 1.92 bits per heavy atom. The Morgan fingerprint density at radius 1 is 0.615 bits per heavy atom. The Bertz CT molecular complexity index is 5600. The number of Topliss-reactive ketones (excluding diaryl/α,β-unsaturated/α-hetero) is 7. The number of hydrogen-bond acceptors (Lipinski definition) is 22. The summed E-state index contributed by atoms with van der Waals surface area (Å²) in [6, 6.07) is 28.2. The van der Waals surface area contributed by atoms with Crippen LogP contribution < -0.4 is 37.7 Å². The van der Waals surface area contributed by atoms with E-state index in [0.29, 0.717) is 70.9 Å². The van der Waals surface area contributed by atoms with Gasteiger partial charge in [0.15, 0.2) is 40.1 Å². The molecule has 0 spiro atoms. The number of carbonyl (C=O) groups excluding carboxylic acids is 13. The lowest BCUT2D eigenvalue weighted by molar-refractivity contribution is -0.140. The van der Waals surface area contributed by atoms with Crippen LogP contribution in [0, 0.1) is 46.8 Å². The second kappa shape index (κ2) is 49.5. The number of ketones is 7. The van der Waals surface area contributed by atoms with Crippen molar-refractivity contribution in [2.75, 3.05) is 26.7 Å². The fraction of sp³-hybridized carbons (Fsp3) is 0.481. The number of nitrogens with one attached hydrogen (secondary N) is 6. The molecule has 135 heavy (non-hydrogen) atoms. The van der Waals surface area contributed by atoms with Crippen LogP contribution in [-0.4, -0.2) is 191 Å². The molecule has 1 fully saturated rings. The third-order valence-corrected chi connectivity index (χ3v) is 25.7. The van der Waals surface area contributed by atoms with Crippen LogP contribution in [0.2, 0.25) is 0 Å². The highest BCUT2D eigenvalue weighted by Crippen LogP contribution is 2.43. The van der Waals surface area contributed by atoms with E-state index in [4.69, 9.17) is 10.2 Å². The number of nitrogens with zero attached hydrogens (tertiary/aromatic N) is 1. The van der Waals surface area contributed by atoms with Gasteiger partial charge in [-0.15, -0.1) is 0 Å². The van der Waals surface area contributed by atoms with Gasteiger partial charge in [0.1, 0.15) is 34.7 Å². The highest BCUT2D eigenvalue weighted by Gasteiger charge is 2.43. The van der Waals surface area contributed by atoms with Crippen molar-refractivity contribution < 1.29 is 107 Å².